The van der Waals surface area contributed by atoms with Gasteiger partial charge in [-0.1, -0.05) is 44.5 Å². The third-order valence-electron chi connectivity index (χ3n) is 6.43. The number of halogens is 1. The first-order valence-corrected chi connectivity index (χ1v) is 13.8. The quantitative estimate of drug-likeness (QED) is 0.216. The van der Waals surface area contributed by atoms with Crippen LogP contribution in [0.3, 0.4) is 0 Å². The number of aromatic nitrogens is 3. The van der Waals surface area contributed by atoms with Crippen LogP contribution in [-0.2, 0) is 19.1 Å². The van der Waals surface area contributed by atoms with Crippen LogP contribution in [0, 0.1) is 12.8 Å². The highest BCUT2D eigenvalue weighted by atomic mass is 35.5. The number of carbonyl (C=O) groups excluding carboxylic acids is 3. The molecule has 0 unspecified atom stereocenters. The number of ether oxygens (including phenoxy) is 2. The lowest BCUT2D eigenvalue weighted by molar-refractivity contribution is -0.146. The third-order valence-corrected chi connectivity index (χ3v) is 6.66. The number of amides is 1. The van der Waals surface area contributed by atoms with E-state index < -0.39 is 29.9 Å². The van der Waals surface area contributed by atoms with Gasteiger partial charge in [0, 0.05) is 29.9 Å². The Balaban J connectivity index is 1.73. The number of esters is 2. The van der Waals surface area contributed by atoms with Crippen molar-refractivity contribution < 1.29 is 23.9 Å². The van der Waals surface area contributed by atoms with E-state index in [-0.39, 0.29) is 25.2 Å². The van der Waals surface area contributed by atoms with Gasteiger partial charge < -0.3 is 30.8 Å². The van der Waals surface area contributed by atoms with E-state index in [1.54, 1.807) is 42.7 Å². The molecule has 0 fully saturated rings. The minimum atomic E-state index is -0.683. The molecule has 3 rings (SSSR count). The Kier molecular flexibility index (Phi) is 11.2. The van der Waals surface area contributed by atoms with Gasteiger partial charge in [-0.2, -0.15) is 0 Å². The predicted octanol–water partition coefficient (Wildman–Crippen LogP) is 4.18. The van der Waals surface area contributed by atoms with Crippen molar-refractivity contribution in [2.24, 2.45) is 11.7 Å². The molecule has 41 heavy (non-hydrogen) atoms. The predicted molar refractivity (Wildman–Crippen MR) is 156 cm³/mol. The van der Waals surface area contributed by atoms with E-state index in [0.717, 1.165) is 5.56 Å². The topological polar surface area (TPSA) is 161 Å². The molecule has 220 valence electrons. The van der Waals surface area contributed by atoms with E-state index in [9.17, 15) is 14.4 Å². The maximum Gasteiger partial charge on any atom is 0.323 e. The first-order valence-electron chi connectivity index (χ1n) is 13.4. The van der Waals surface area contributed by atoms with Crippen molar-refractivity contribution in [3.8, 4) is 11.3 Å². The number of nitrogens with two attached hydrogens (primary N) is 1. The molecule has 0 saturated heterocycles. The lowest BCUT2D eigenvalue weighted by atomic mass is 10.1. The zero-order valence-corrected chi connectivity index (χ0v) is 24.6. The average Bonchev–Trinajstić information content (AvgIpc) is 3.43. The number of hydrogen-bond acceptors (Lipinski definition) is 9. The summed E-state index contributed by atoms with van der Waals surface area (Å²) in [6.45, 7) is 8.92. The monoisotopic (exact) mass is 584 g/mol. The number of nitrogens with one attached hydrogen (secondary N) is 3. The summed E-state index contributed by atoms with van der Waals surface area (Å²) in [5.41, 5.74) is 8.97. The molecule has 0 aliphatic rings. The molecular weight excluding hydrogens is 548 g/mol. The molecule has 0 spiro atoms. The van der Waals surface area contributed by atoms with Gasteiger partial charge in [-0.3, -0.25) is 14.4 Å². The van der Waals surface area contributed by atoms with Gasteiger partial charge in [-0.25, -0.2) is 9.97 Å². The lowest BCUT2D eigenvalue weighted by Crippen LogP contribution is -2.39. The van der Waals surface area contributed by atoms with Crippen molar-refractivity contribution in [2.75, 3.05) is 18.5 Å². The van der Waals surface area contributed by atoms with Crippen molar-refractivity contribution in [1.29, 1.82) is 0 Å². The fraction of sp³-hybridized carbons (Fsp3) is 0.414. The van der Waals surface area contributed by atoms with Crippen LogP contribution in [0.15, 0.2) is 42.7 Å². The zero-order valence-electron chi connectivity index (χ0n) is 23.9. The fourth-order valence-corrected chi connectivity index (χ4v) is 4.04. The van der Waals surface area contributed by atoms with Crippen LogP contribution in [0.5, 0.6) is 0 Å². The normalized spacial score (nSPS) is 13.3. The summed E-state index contributed by atoms with van der Waals surface area (Å²) in [4.78, 5) is 48.7. The van der Waals surface area contributed by atoms with Crippen LogP contribution in [0.1, 0.15) is 61.8 Å². The second-order valence-corrected chi connectivity index (χ2v) is 10.5. The third kappa shape index (κ3) is 9.02. The summed E-state index contributed by atoms with van der Waals surface area (Å²) in [7, 11) is 0. The second-order valence-electron chi connectivity index (χ2n) is 10.1. The van der Waals surface area contributed by atoms with Crippen LogP contribution in [-0.4, -0.2) is 58.1 Å². The van der Waals surface area contributed by atoms with E-state index in [4.69, 9.17) is 26.8 Å². The Morgan fingerprint density at radius 1 is 1.15 bits per heavy atom. The lowest BCUT2D eigenvalue weighted by Gasteiger charge is -2.20. The van der Waals surface area contributed by atoms with E-state index in [2.05, 4.69) is 25.6 Å². The Labute approximate surface area is 244 Å². The average molecular weight is 585 g/mol. The van der Waals surface area contributed by atoms with Crippen molar-refractivity contribution in [1.82, 2.24) is 20.3 Å². The van der Waals surface area contributed by atoms with Gasteiger partial charge in [0.05, 0.1) is 17.8 Å². The SMILES string of the molecule is CC[C@H](COC(=O)[C@@H](N)C(C)C)Nc1ncc(C)c(-c2c[nH]c(C(=O)N[C@H](COC(C)=O)c3cccc(Cl)c3)c2)n1. The number of aromatic amines is 1. The molecule has 12 heteroatoms. The molecule has 1 amide bonds. The molecule has 2 aromatic heterocycles. The number of benzene rings is 1. The molecule has 2 heterocycles. The number of hydrogen-bond donors (Lipinski definition) is 4. The van der Waals surface area contributed by atoms with Crippen molar-refractivity contribution >= 4 is 35.4 Å². The summed E-state index contributed by atoms with van der Waals surface area (Å²) < 4.78 is 10.6. The Morgan fingerprint density at radius 2 is 1.90 bits per heavy atom. The molecule has 0 bridgehead atoms. The van der Waals surface area contributed by atoms with Gasteiger partial charge >= 0.3 is 11.9 Å². The van der Waals surface area contributed by atoms with Crippen LogP contribution >= 0.6 is 11.6 Å². The summed E-state index contributed by atoms with van der Waals surface area (Å²) in [5.74, 6) is -0.973. The van der Waals surface area contributed by atoms with Crippen LogP contribution < -0.4 is 16.4 Å². The van der Waals surface area contributed by atoms with E-state index in [1.165, 1.54) is 6.92 Å². The fourth-order valence-electron chi connectivity index (χ4n) is 3.84. The first kappa shape index (κ1) is 31.6. The number of carbonyl (C=O) groups is 3. The van der Waals surface area contributed by atoms with Crippen LogP contribution in [0.25, 0.3) is 11.3 Å². The summed E-state index contributed by atoms with van der Waals surface area (Å²) >= 11 is 6.13. The molecule has 5 N–H and O–H groups in total. The second kappa shape index (κ2) is 14.6. The van der Waals surface area contributed by atoms with E-state index in [1.807, 2.05) is 27.7 Å². The van der Waals surface area contributed by atoms with Crippen LogP contribution in [0.4, 0.5) is 5.95 Å². The van der Waals surface area contributed by atoms with Gasteiger partial charge in [0.1, 0.15) is 24.9 Å². The molecule has 1 aromatic carbocycles. The van der Waals surface area contributed by atoms with Crippen molar-refractivity contribution in [2.45, 2.75) is 59.2 Å². The van der Waals surface area contributed by atoms with Crippen molar-refractivity contribution in [3.05, 3.63) is 64.6 Å². The number of rotatable bonds is 13. The van der Waals surface area contributed by atoms with Gasteiger partial charge in [0.25, 0.3) is 5.91 Å². The molecule has 0 aliphatic carbocycles. The summed E-state index contributed by atoms with van der Waals surface area (Å²) in [5, 5.41) is 6.60. The number of anilines is 1. The minimum Gasteiger partial charge on any atom is -0.463 e. The maximum absolute atomic E-state index is 13.1. The smallest absolute Gasteiger partial charge is 0.323 e. The van der Waals surface area contributed by atoms with Gasteiger partial charge in [-0.15, -0.1) is 0 Å². The summed E-state index contributed by atoms with van der Waals surface area (Å²) in [6.07, 6.45) is 4.02. The maximum atomic E-state index is 13.1. The van der Waals surface area contributed by atoms with Crippen LogP contribution in [0.2, 0.25) is 5.02 Å². The molecule has 3 aromatic rings. The highest BCUT2D eigenvalue weighted by Crippen LogP contribution is 2.24. The Morgan fingerprint density at radius 3 is 2.56 bits per heavy atom. The zero-order chi connectivity index (χ0) is 30.1. The Bertz CT molecular complexity index is 1360. The number of nitrogens with zero attached hydrogens (tertiary/aromatic N) is 2. The molecule has 0 aliphatic heterocycles. The highest BCUT2D eigenvalue weighted by Gasteiger charge is 2.22. The molecule has 11 nitrogen and oxygen atoms in total. The van der Waals surface area contributed by atoms with Crippen molar-refractivity contribution in [3.63, 3.8) is 0 Å². The van der Waals surface area contributed by atoms with E-state index in [0.29, 0.717) is 39.9 Å². The minimum absolute atomic E-state index is 0.0246. The molecule has 0 saturated carbocycles. The van der Waals surface area contributed by atoms with Gasteiger partial charge in [0.2, 0.25) is 5.95 Å². The molecular formula is C29H37ClN6O5. The van der Waals surface area contributed by atoms with Gasteiger partial charge in [0.15, 0.2) is 0 Å². The molecule has 0 radical (unpaired) electrons. The Hall–Kier alpha value is -3.96. The summed E-state index contributed by atoms with van der Waals surface area (Å²) in [6, 6.07) is 7.15. The highest BCUT2D eigenvalue weighted by molar-refractivity contribution is 6.30. The number of aryl methyl sites for hydroxylation is 1. The van der Waals surface area contributed by atoms with E-state index >= 15 is 0 Å². The first-order chi connectivity index (χ1) is 19.5. The number of H-pyrrole nitrogens is 1. The standard InChI is InChI=1S/C29H37ClN6O5/c1-6-22(14-41-28(39)25(31)16(2)3)34-29-33-12-17(4)26(36-29)20-11-23(32-13-20)27(38)35-24(15-40-18(5)37)19-8-7-9-21(30)10-19/h7-13,16,22,24-25,32H,6,14-15,31H2,1-5H3,(H,35,38)(H,33,34,36)/t22-,24-,25+/m1/s1. The molecule has 3 atom stereocenters. The largest absolute Gasteiger partial charge is 0.463 e. The van der Waals surface area contributed by atoms with Gasteiger partial charge in [-0.05, 0) is 48.6 Å².